The Morgan fingerprint density at radius 3 is 2.27 bits per heavy atom. The van der Waals surface area contributed by atoms with Crippen molar-refractivity contribution in [2.45, 2.75) is 0 Å². The Hall–Kier alpha value is -4.60. The molecule has 4 rings (SSSR count). The molecule has 0 radical (unpaired) electrons. The van der Waals surface area contributed by atoms with Crippen molar-refractivity contribution in [3.8, 4) is 11.1 Å². The Bertz CT molecular complexity index is 1270. The van der Waals surface area contributed by atoms with Crippen molar-refractivity contribution in [1.29, 1.82) is 0 Å². The van der Waals surface area contributed by atoms with E-state index in [1.54, 1.807) is 36.4 Å². The second kappa shape index (κ2) is 7.09. The Labute approximate surface area is 168 Å². The van der Waals surface area contributed by atoms with E-state index >= 15 is 0 Å². The summed E-state index contributed by atoms with van der Waals surface area (Å²) in [5, 5.41) is 36.1. The molecule has 10 heteroatoms. The average molecular weight is 404 g/mol. The van der Waals surface area contributed by atoms with Crippen molar-refractivity contribution in [3.63, 3.8) is 0 Å². The number of nitro groups is 2. The lowest BCUT2D eigenvalue weighted by Gasteiger charge is -2.06. The summed E-state index contributed by atoms with van der Waals surface area (Å²) in [6.07, 6.45) is 0. The molecule has 0 aromatic heterocycles. The molecule has 0 bridgehead atoms. The van der Waals surface area contributed by atoms with E-state index in [0.717, 1.165) is 12.1 Å². The van der Waals surface area contributed by atoms with Crippen molar-refractivity contribution in [1.82, 2.24) is 0 Å². The molecule has 0 fully saturated rings. The molecule has 1 aliphatic rings. The molecule has 0 heterocycles. The molecule has 0 saturated carbocycles. The summed E-state index contributed by atoms with van der Waals surface area (Å²) in [4.78, 5) is 32.5. The van der Waals surface area contributed by atoms with Gasteiger partial charge in [-0.1, -0.05) is 36.4 Å². The van der Waals surface area contributed by atoms with Crippen LogP contribution in [0.25, 0.3) is 11.1 Å². The normalized spacial score (nSPS) is 12.9. The monoisotopic (exact) mass is 404 g/mol. The van der Waals surface area contributed by atoms with E-state index in [9.17, 15) is 30.1 Å². The molecule has 0 unspecified atom stereocenters. The van der Waals surface area contributed by atoms with Crippen LogP contribution >= 0.6 is 0 Å². The third-order valence-corrected chi connectivity index (χ3v) is 4.68. The average Bonchev–Trinajstić information content (AvgIpc) is 3.05. The third kappa shape index (κ3) is 3.02. The summed E-state index contributed by atoms with van der Waals surface area (Å²) < 4.78 is 0. The number of non-ortho nitro benzene ring substituents is 1. The lowest BCUT2D eigenvalue weighted by atomic mass is 10.00. The van der Waals surface area contributed by atoms with Gasteiger partial charge in [0.1, 0.15) is 5.69 Å². The Balaban J connectivity index is 1.84. The predicted octanol–water partition coefficient (Wildman–Crippen LogP) is 4.05. The van der Waals surface area contributed by atoms with Crippen LogP contribution in [0, 0.1) is 20.2 Å². The molecular weight excluding hydrogens is 392 g/mol. The number of carboxylic acid groups (broad SMARTS) is 1. The molecule has 10 nitrogen and oxygen atoms in total. The first-order chi connectivity index (χ1) is 14.4. The van der Waals surface area contributed by atoms with Crippen molar-refractivity contribution in [2.75, 3.05) is 5.43 Å². The van der Waals surface area contributed by atoms with Gasteiger partial charge >= 0.3 is 11.7 Å². The Morgan fingerprint density at radius 1 is 0.900 bits per heavy atom. The molecular formula is C20H12N4O6. The summed E-state index contributed by atoms with van der Waals surface area (Å²) in [5.74, 6) is -1.08. The maximum atomic E-state index is 11.7. The van der Waals surface area contributed by atoms with Crippen LogP contribution in [-0.4, -0.2) is 26.6 Å². The van der Waals surface area contributed by atoms with E-state index in [2.05, 4.69) is 10.5 Å². The zero-order chi connectivity index (χ0) is 21.4. The molecule has 0 spiro atoms. The first-order valence-electron chi connectivity index (χ1n) is 8.61. The van der Waals surface area contributed by atoms with E-state index in [4.69, 9.17) is 0 Å². The molecule has 0 saturated heterocycles. The number of nitrogens with one attached hydrogen (secondary N) is 1. The van der Waals surface area contributed by atoms with Gasteiger partial charge in [0.25, 0.3) is 5.69 Å². The number of nitro benzene ring substituents is 2. The molecule has 30 heavy (non-hydrogen) atoms. The van der Waals surface area contributed by atoms with Gasteiger partial charge in [-0.2, -0.15) is 5.10 Å². The van der Waals surface area contributed by atoms with Crippen LogP contribution in [0.15, 0.2) is 65.8 Å². The fraction of sp³-hybridized carbons (Fsp3) is 0. The van der Waals surface area contributed by atoms with E-state index in [0.29, 0.717) is 28.0 Å². The number of fused-ring (bicyclic) bond motifs is 3. The second-order valence-electron chi connectivity index (χ2n) is 6.37. The lowest BCUT2D eigenvalue weighted by Crippen LogP contribution is -2.05. The standard InChI is InChI=1S/C20H12N4O6/c25-20(26)15-7-3-6-14-18(15)12-4-1-2-5-13(12)19(14)22-21-16-9-8-11(23(27)28)10-17(16)24(29)30/h1-10,21H,(H,25,26). The number of hydrogen-bond donors (Lipinski definition) is 2. The number of benzene rings is 3. The van der Waals surface area contributed by atoms with E-state index in [1.165, 1.54) is 12.1 Å². The topological polar surface area (TPSA) is 148 Å². The van der Waals surface area contributed by atoms with Gasteiger partial charge in [0.2, 0.25) is 0 Å². The highest BCUT2D eigenvalue weighted by Gasteiger charge is 2.29. The number of carbonyl (C=O) groups is 1. The maximum absolute atomic E-state index is 11.7. The van der Waals surface area contributed by atoms with Crippen LogP contribution in [-0.2, 0) is 0 Å². The van der Waals surface area contributed by atoms with Gasteiger partial charge in [-0.15, -0.1) is 0 Å². The van der Waals surface area contributed by atoms with Gasteiger partial charge < -0.3 is 5.11 Å². The van der Waals surface area contributed by atoms with Gasteiger partial charge in [0.05, 0.1) is 27.2 Å². The van der Waals surface area contributed by atoms with Gasteiger partial charge in [-0.3, -0.25) is 25.7 Å². The van der Waals surface area contributed by atoms with Crippen molar-refractivity contribution >= 4 is 28.7 Å². The van der Waals surface area contributed by atoms with Gasteiger partial charge in [-0.25, -0.2) is 4.79 Å². The molecule has 1 aliphatic carbocycles. The predicted molar refractivity (Wildman–Crippen MR) is 108 cm³/mol. The van der Waals surface area contributed by atoms with Crippen molar-refractivity contribution < 1.29 is 19.7 Å². The molecule has 0 atom stereocenters. The van der Waals surface area contributed by atoms with Crippen LogP contribution < -0.4 is 5.43 Å². The van der Waals surface area contributed by atoms with Crippen molar-refractivity contribution in [3.05, 3.63) is 97.6 Å². The summed E-state index contributed by atoms with van der Waals surface area (Å²) in [7, 11) is 0. The summed E-state index contributed by atoms with van der Waals surface area (Å²) >= 11 is 0. The van der Waals surface area contributed by atoms with E-state index in [1.807, 2.05) is 0 Å². The second-order valence-corrected chi connectivity index (χ2v) is 6.37. The molecule has 2 N–H and O–H groups in total. The highest BCUT2D eigenvalue weighted by molar-refractivity contribution is 6.26. The number of aromatic carboxylic acids is 1. The van der Waals surface area contributed by atoms with Crippen LogP contribution in [0.5, 0.6) is 0 Å². The number of hydrazone groups is 1. The number of anilines is 1. The molecule has 148 valence electrons. The quantitative estimate of drug-likeness (QED) is 0.376. The first-order valence-corrected chi connectivity index (χ1v) is 8.61. The highest BCUT2D eigenvalue weighted by Crippen LogP contribution is 2.39. The molecule has 3 aromatic carbocycles. The fourth-order valence-electron chi connectivity index (χ4n) is 3.39. The number of carboxylic acids is 1. The fourth-order valence-corrected chi connectivity index (χ4v) is 3.39. The number of rotatable bonds is 5. The van der Waals surface area contributed by atoms with Crippen LogP contribution in [0.1, 0.15) is 21.5 Å². The van der Waals surface area contributed by atoms with Crippen LogP contribution in [0.4, 0.5) is 17.1 Å². The SMILES string of the molecule is O=C(O)c1cccc2c1-c1ccccc1C2=NNc1ccc([N+](=O)[O-])cc1[N+](=O)[O-]. The van der Waals surface area contributed by atoms with E-state index < -0.39 is 27.2 Å². The van der Waals surface area contributed by atoms with Crippen molar-refractivity contribution in [2.24, 2.45) is 5.10 Å². The molecule has 0 amide bonds. The first kappa shape index (κ1) is 18.7. The minimum atomic E-state index is -1.08. The maximum Gasteiger partial charge on any atom is 0.336 e. The largest absolute Gasteiger partial charge is 0.478 e. The molecule has 3 aromatic rings. The number of hydrogen-bond acceptors (Lipinski definition) is 7. The number of nitrogens with zero attached hydrogens (tertiary/aromatic N) is 3. The minimum absolute atomic E-state index is 0.0292. The minimum Gasteiger partial charge on any atom is -0.478 e. The Morgan fingerprint density at radius 2 is 1.60 bits per heavy atom. The van der Waals surface area contributed by atoms with E-state index in [-0.39, 0.29) is 11.3 Å². The van der Waals surface area contributed by atoms with Gasteiger partial charge in [0, 0.05) is 22.8 Å². The summed E-state index contributed by atoms with van der Waals surface area (Å²) in [6.45, 7) is 0. The highest BCUT2D eigenvalue weighted by atomic mass is 16.6. The van der Waals surface area contributed by atoms with Gasteiger partial charge in [-0.05, 0) is 17.7 Å². The Kier molecular flexibility index (Phi) is 4.43. The molecule has 0 aliphatic heterocycles. The third-order valence-electron chi connectivity index (χ3n) is 4.68. The summed E-state index contributed by atoms with van der Waals surface area (Å²) in [6, 6.07) is 15.1. The van der Waals surface area contributed by atoms with Gasteiger partial charge in [0.15, 0.2) is 0 Å². The summed E-state index contributed by atoms with van der Waals surface area (Å²) in [5.41, 5.74) is 4.62. The zero-order valence-corrected chi connectivity index (χ0v) is 15.1. The smallest absolute Gasteiger partial charge is 0.336 e. The van der Waals surface area contributed by atoms with Crippen LogP contribution in [0.3, 0.4) is 0 Å². The lowest BCUT2D eigenvalue weighted by molar-refractivity contribution is -0.393. The zero-order valence-electron chi connectivity index (χ0n) is 15.1. The van der Waals surface area contributed by atoms with Crippen LogP contribution in [0.2, 0.25) is 0 Å².